The largest absolute Gasteiger partial charge is 0.492 e. The lowest BCUT2D eigenvalue weighted by Gasteiger charge is -2.13. The number of aromatic nitrogens is 2. The highest BCUT2D eigenvalue weighted by molar-refractivity contribution is 6.04. The van der Waals surface area contributed by atoms with E-state index in [0.29, 0.717) is 23.9 Å². The van der Waals surface area contributed by atoms with Crippen LogP contribution < -0.4 is 15.6 Å². The number of fused-ring (bicyclic) bond motifs is 1. The van der Waals surface area contributed by atoms with Crippen LogP contribution in [0.15, 0.2) is 53.3 Å². The molecular weight excluding hydrogens is 342 g/mol. The number of nitrogens with one attached hydrogen (secondary N) is 1. The summed E-state index contributed by atoms with van der Waals surface area (Å²) in [7, 11) is 0. The zero-order valence-corrected chi connectivity index (χ0v) is 15.7. The molecule has 1 aromatic heterocycles. The van der Waals surface area contributed by atoms with E-state index in [0.717, 1.165) is 11.3 Å². The van der Waals surface area contributed by atoms with Gasteiger partial charge in [-0.15, -0.1) is 0 Å². The molecule has 0 saturated carbocycles. The van der Waals surface area contributed by atoms with Crippen LogP contribution in [0.5, 0.6) is 5.75 Å². The first-order valence-electron chi connectivity index (χ1n) is 8.96. The van der Waals surface area contributed by atoms with Gasteiger partial charge in [-0.25, -0.2) is 4.68 Å². The van der Waals surface area contributed by atoms with E-state index in [4.69, 9.17) is 4.74 Å². The van der Waals surface area contributed by atoms with Gasteiger partial charge in [0.05, 0.1) is 18.0 Å². The first-order chi connectivity index (χ1) is 13.0. The Labute approximate surface area is 157 Å². The smallest absolute Gasteiger partial charge is 0.274 e. The molecule has 0 aliphatic rings. The average Bonchev–Trinajstić information content (AvgIpc) is 2.65. The molecule has 140 valence electrons. The Morgan fingerprint density at radius 2 is 1.89 bits per heavy atom. The highest BCUT2D eigenvalue weighted by atomic mass is 16.5. The zero-order chi connectivity index (χ0) is 19.4. The Balaban J connectivity index is 1.75. The average molecular weight is 365 g/mol. The molecule has 0 aliphatic carbocycles. The molecule has 3 rings (SSSR count). The fourth-order valence-corrected chi connectivity index (χ4v) is 2.85. The molecule has 1 amide bonds. The SMILES string of the molecule is Cc1cccc(OCCNC(=O)c2nn(C(C)C)c(=O)c3ccccc23)c1. The first kappa shape index (κ1) is 18.6. The topological polar surface area (TPSA) is 73.2 Å². The van der Waals surface area contributed by atoms with Gasteiger partial charge in [0.1, 0.15) is 12.4 Å². The maximum Gasteiger partial charge on any atom is 0.274 e. The summed E-state index contributed by atoms with van der Waals surface area (Å²) in [6, 6.07) is 14.6. The number of hydrogen-bond acceptors (Lipinski definition) is 4. The van der Waals surface area contributed by atoms with Crippen LogP contribution in [0.4, 0.5) is 0 Å². The van der Waals surface area contributed by atoms with Crippen molar-refractivity contribution in [2.24, 2.45) is 0 Å². The summed E-state index contributed by atoms with van der Waals surface area (Å²) in [5.41, 5.74) is 1.16. The molecule has 0 spiro atoms. The van der Waals surface area contributed by atoms with E-state index >= 15 is 0 Å². The minimum absolute atomic E-state index is 0.140. The third kappa shape index (κ3) is 4.16. The van der Waals surface area contributed by atoms with E-state index in [1.54, 1.807) is 24.3 Å². The van der Waals surface area contributed by atoms with Gasteiger partial charge < -0.3 is 10.1 Å². The third-order valence-corrected chi connectivity index (χ3v) is 4.18. The van der Waals surface area contributed by atoms with Crippen LogP contribution in [-0.2, 0) is 0 Å². The minimum atomic E-state index is -0.326. The summed E-state index contributed by atoms with van der Waals surface area (Å²) < 4.78 is 7.00. The second-order valence-electron chi connectivity index (χ2n) is 6.66. The number of carbonyl (C=O) groups excluding carboxylic acids is 1. The summed E-state index contributed by atoms with van der Waals surface area (Å²) in [6.07, 6.45) is 0. The molecule has 0 saturated heterocycles. The fourth-order valence-electron chi connectivity index (χ4n) is 2.85. The van der Waals surface area contributed by atoms with Gasteiger partial charge in [0.2, 0.25) is 0 Å². The standard InChI is InChI=1S/C21H23N3O3/c1-14(2)24-21(26)18-10-5-4-9-17(18)19(23-24)20(25)22-11-12-27-16-8-6-7-15(3)13-16/h4-10,13-14H,11-12H2,1-3H3,(H,22,25). The van der Waals surface area contributed by atoms with Gasteiger partial charge in [0, 0.05) is 5.39 Å². The zero-order valence-electron chi connectivity index (χ0n) is 15.7. The molecule has 1 heterocycles. The van der Waals surface area contributed by atoms with Crippen molar-refractivity contribution in [3.8, 4) is 5.75 Å². The lowest BCUT2D eigenvalue weighted by molar-refractivity contribution is 0.0941. The molecule has 0 fully saturated rings. The Hall–Kier alpha value is -3.15. The number of amides is 1. The molecule has 0 aliphatic heterocycles. The molecule has 0 radical (unpaired) electrons. The molecule has 6 heteroatoms. The van der Waals surface area contributed by atoms with Crippen LogP contribution in [0.2, 0.25) is 0 Å². The van der Waals surface area contributed by atoms with Crippen LogP contribution in [0.3, 0.4) is 0 Å². The van der Waals surface area contributed by atoms with Gasteiger partial charge in [-0.05, 0) is 44.5 Å². The number of aryl methyl sites for hydroxylation is 1. The number of rotatable bonds is 6. The van der Waals surface area contributed by atoms with Crippen LogP contribution in [0, 0.1) is 6.92 Å². The van der Waals surface area contributed by atoms with Crippen molar-refractivity contribution < 1.29 is 9.53 Å². The molecule has 27 heavy (non-hydrogen) atoms. The molecule has 6 nitrogen and oxygen atoms in total. The highest BCUT2D eigenvalue weighted by Gasteiger charge is 2.17. The van der Waals surface area contributed by atoms with Crippen molar-refractivity contribution in [1.29, 1.82) is 0 Å². The third-order valence-electron chi connectivity index (χ3n) is 4.18. The van der Waals surface area contributed by atoms with Crippen molar-refractivity contribution in [3.05, 3.63) is 70.1 Å². The van der Waals surface area contributed by atoms with Crippen molar-refractivity contribution in [3.63, 3.8) is 0 Å². The van der Waals surface area contributed by atoms with Crippen molar-refractivity contribution in [2.45, 2.75) is 26.8 Å². The quantitative estimate of drug-likeness (QED) is 0.681. The number of carbonyl (C=O) groups is 1. The minimum Gasteiger partial charge on any atom is -0.492 e. The van der Waals surface area contributed by atoms with Gasteiger partial charge in [0.25, 0.3) is 11.5 Å². The van der Waals surface area contributed by atoms with E-state index in [1.807, 2.05) is 45.0 Å². The van der Waals surface area contributed by atoms with Crippen molar-refractivity contribution in [1.82, 2.24) is 15.1 Å². The predicted molar refractivity (Wildman–Crippen MR) is 105 cm³/mol. The summed E-state index contributed by atoms with van der Waals surface area (Å²) >= 11 is 0. The Morgan fingerprint density at radius 3 is 2.59 bits per heavy atom. The van der Waals surface area contributed by atoms with E-state index in [9.17, 15) is 9.59 Å². The molecule has 0 atom stereocenters. The second kappa shape index (κ2) is 8.03. The Bertz CT molecular complexity index is 1020. The highest BCUT2D eigenvalue weighted by Crippen LogP contribution is 2.15. The molecule has 0 bridgehead atoms. The fraction of sp³-hybridized carbons (Fsp3) is 0.286. The van der Waals surface area contributed by atoms with Gasteiger partial charge in [-0.2, -0.15) is 5.10 Å². The number of benzene rings is 2. The van der Waals surface area contributed by atoms with Crippen molar-refractivity contribution >= 4 is 16.7 Å². The van der Waals surface area contributed by atoms with Gasteiger partial charge >= 0.3 is 0 Å². The molecule has 2 aromatic carbocycles. The summed E-state index contributed by atoms with van der Waals surface area (Å²) in [5, 5.41) is 8.16. The summed E-state index contributed by atoms with van der Waals surface area (Å²) in [5.74, 6) is 0.439. The van der Waals surface area contributed by atoms with Crippen LogP contribution >= 0.6 is 0 Å². The van der Waals surface area contributed by atoms with Crippen LogP contribution in [0.25, 0.3) is 10.8 Å². The molecule has 3 aromatic rings. The van der Waals surface area contributed by atoms with Gasteiger partial charge in [-0.1, -0.05) is 30.3 Å². The number of ether oxygens (including phenoxy) is 1. The maximum absolute atomic E-state index is 12.7. The van der Waals surface area contributed by atoms with E-state index in [-0.39, 0.29) is 23.2 Å². The molecule has 0 unspecified atom stereocenters. The lowest BCUT2D eigenvalue weighted by Crippen LogP contribution is -2.33. The predicted octanol–water partition coefficient (Wildman–Crippen LogP) is 3.09. The van der Waals surface area contributed by atoms with E-state index in [1.165, 1.54) is 4.68 Å². The van der Waals surface area contributed by atoms with Crippen LogP contribution in [-0.4, -0.2) is 28.8 Å². The lowest BCUT2D eigenvalue weighted by atomic mass is 10.1. The number of hydrogen-bond donors (Lipinski definition) is 1. The first-order valence-corrected chi connectivity index (χ1v) is 8.96. The van der Waals surface area contributed by atoms with Crippen molar-refractivity contribution in [2.75, 3.05) is 13.2 Å². The van der Waals surface area contributed by atoms with Gasteiger partial charge in [0.15, 0.2) is 5.69 Å². The second-order valence-corrected chi connectivity index (χ2v) is 6.66. The van der Waals surface area contributed by atoms with E-state index in [2.05, 4.69) is 10.4 Å². The van der Waals surface area contributed by atoms with Crippen LogP contribution in [0.1, 0.15) is 35.9 Å². The Kier molecular flexibility index (Phi) is 5.54. The maximum atomic E-state index is 12.7. The number of nitrogens with zero attached hydrogens (tertiary/aromatic N) is 2. The Morgan fingerprint density at radius 1 is 1.15 bits per heavy atom. The normalized spacial score (nSPS) is 11.0. The monoisotopic (exact) mass is 365 g/mol. The van der Waals surface area contributed by atoms with Gasteiger partial charge in [-0.3, -0.25) is 9.59 Å². The summed E-state index contributed by atoms with van der Waals surface area (Å²) in [4.78, 5) is 25.2. The molecule has 1 N–H and O–H groups in total. The van der Waals surface area contributed by atoms with E-state index < -0.39 is 0 Å². The summed E-state index contributed by atoms with van der Waals surface area (Å²) in [6.45, 7) is 6.40. The molecular formula is C21H23N3O3.